The number of aromatic nitrogens is 3. The zero-order chi connectivity index (χ0) is 17.6. The van der Waals surface area contributed by atoms with Crippen LogP contribution in [0.15, 0.2) is 24.5 Å². The largest absolute Gasteiger partial charge is 0.382 e. The topological polar surface area (TPSA) is 74.1 Å². The van der Waals surface area contributed by atoms with E-state index >= 15 is 0 Å². The number of rotatable bonds is 3. The highest BCUT2D eigenvalue weighted by Crippen LogP contribution is 2.36. The van der Waals surface area contributed by atoms with Crippen molar-refractivity contribution in [2.24, 2.45) is 0 Å². The van der Waals surface area contributed by atoms with Gasteiger partial charge in [-0.3, -0.25) is 4.90 Å². The average molecular weight is 346 g/mol. The highest BCUT2D eigenvalue weighted by atomic mass is 19.3. The van der Waals surface area contributed by atoms with Crippen molar-refractivity contribution in [1.82, 2.24) is 19.9 Å². The van der Waals surface area contributed by atoms with Gasteiger partial charge in [0.1, 0.15) is 11.5 Å². The number of nitrogens with two attached hydrogens (primary N) is 1. The Labute approximate surface area is 143 Å². The standard InChI is InChI=1S/C17H20F2N6/c1-17(18,19)10-24-5-7-25(8-6-24)14-13-11-3-2-4-21-16(11)23-12(13)9-22-15(14)20/h2-4,9H,5-8,10H2,1H3,(H2,20,22)(H,21,23). The minimum Gasteiger partial charge on any atom is -0.382 e. The maximum Gasteiger partial charge on any atom is 0.257 e. The molecule has 4 heterocycles. The van der Waals surface area contributed by atoms with Gasteiger partial charge in [0.25, 0.3) is 5.92 Å². The number of pyridine rings is 2. The van der Waals surface area contributed by atoms with Crippen molar-refractivity contribution in [2.75, 3.05) is 43.4 Å². The Morgan fingerprint density at radius 2 is 2.00 bits per heavy atom. The highest BCUT2D eigenvalue weighted by molar-refractivity contribution is 6.14. The molecule has 132 valence electrons. The monoisotopic (exact) mass is 346 g/mol. The number of piperazine rings is 1. The summed E-state index contributed by atoms with van der Waals surface area (Å²) >= 11 is 0. The molecule has 0 amide bonds. The SMILES string of the molecule is CC(F)(F)CN1CCN(c2c(N)ncc3[nH]c4ncccc4c23)CC1. The second-order valence-corrected chi connectivity index (χ2v) is 6.64. The second-order valence-electron chi connectivity index (χ2n) is 6.64. The van der Waals surface area contributed by atoms with E-state index in [1.54, 1.807) is 17.3 Å². The first-order valence-corrected chi connectivity index (χ1v) is 8.28. The number of nitrogens with one attached hydrogen (secondary N) is 1. The average Bonchev–Trinajstić information content (AvgIpc) is 2.93. The third kappa shape index (κ3) is 2.97. The first-order chi connectivity index (χ1) is 11.9. The Morgan fingerprint density at radius 3 is 2.72 bits per heavy atom. The van der Waals surface area contributed by atoms with Crippen LogP contribution in [0.5, 0.6) is 0 Å². The number of halogens is 2. The molecule has 0 unspecified atom stereocenters. The molecule has 0 bridgehead atoms. The highest BCUT2D eigenvalue weighted by Gasteiger charge is 2.29. The summed E-state index contributed by atoms with van der Waals surface area (Å²) in [6.07, 6.45) is 3.45. The van der Waals surface area contributed by atoms with Crippen molar-refractivity contribution in [3.63, 3.8) is 0 Å². The van der Waals surface area contributed by atoms with E-state index in [1.165, 1.54) is 0 Å². The van der Waals surface area contributed by atoms with Crippen molar-refractivity contribution < 1.29 is 8.78 Å². The lowest BCUT2D eigenvalue weighted by atomic mass is 10.1. The summed E-state index contributed by atoms with van der Waals surface area (Å²) in [5.74, 6) is -2.22. The van der Waals surface area contributed by atoms with Crippen LogP contribution in [0.25, 0.3) is 21.9 Å². The maximum absolute atomic E-state index is 13.2. The lowest BCUT2D eigenvalue weighted by Crippen LogP contribution is -2.49. The van der Waals surface area contributed by atoms with Crippen LogP contribution < -0.4 is 10.6 Å². The molecule has 1 saturated heterocycles. The fourth-order valence-corrected chi connectivity index (χ4v) is 3.56. The third-order valence-corrected chi connectivity index (χ3v) is 4.60. The van der Waals surface area contributed by atoms with Gasteiger partial charge in [-0.25, -0.2) is 18.7 Å². The molecule has 3 N–H and O–H groups in total. The van der Waals surface area contributed by atoms with E-state index in [-0.39, 0.29) is 6.54 Å². The molecular formula is C17H20F2N6. The Bertz CT molecular complexity index is 909. The number of fused-ring (bicyclic) bond motifs is 3. The number of anilines is 2. The fourth-order valence-electron chi connectivity index (χ4n) is 3.56. The molecule has 0 aliphatic carbocycles. The number of hydrogen-bond acceptors (Lipinski definition) is 5. The third-order valence-electron chi connectivity index (χ3n) is 4.60. The second kappa shape index (κ2) is 5.80. The number of H-pyrrole nitrogens is 1. The first-order valence-electron chi connectivity index (χ1n) is 8.28. The predicted octanol–water partition coefficient (Wildman–Crippen LogP) is 2.47. The Hall–Kier alpha value is -2.48. The van der Waals surface area contributed by atoms with E-state index in [1.807, 2.05) is 12.1 Å². The van der Waals surface area contributed by atoms with Gasteiger partial charge in [0.2, 0.25) is 0 Å². The number of nitrogen functional groups attached to an aromatic ring is 1. The molecule has 1 aliphatic heterocycles. The lowest BCUT2D eigenvalue weighted by Gasteiger charge is -2.37. The van der Waals surface area contributed by atoms with Gasteiger partial charge in [0.15, 0.2) is 0 Å². The minimum absolute atomic E-state index is 0.213. The zero-order valence-electron chi connectivity index (χ0n) is 14.0. The lowest BCUT2D eigenvalue weighted by molar-refractivity contribution is -0.0155. The van der Waals surface area contributed by atoms with Crippen LogP contribution in [0, 0.1) is 0 Å². The molecule has 3 aromatic heterocycles. The molecule has 3 aromatic rings. The smallest absolute Gasteiger partial charge is 0.257 e. The van der Waals surface area contributed by atoms with Crippen LogP contribution in [-0.2, 0) is 0 Å². The molecule has 8 heteroatoms. The van der Waals surface area contributed by atoms with Crippen LogP contribution in [0.2, 0.25) is 0 Å². The van der Waals surface area contributed by atoms with Crippen molar-refractivity contribution in [3.05, 3.63) is 24.5 Å². The molecule has 0 spiro atoms. The van der Waals surface area contributed by atoms with Crippen LogP contribution in [0.4, 0.5) is 20.3 Å². The van der Waals surface area contributed by atoms with Crippen molar-refractivity contribution in [1.29, 1.82) is 0 Å². The van der Waals surface area contributed by atoms with Crippen molar-refractivity contribution in [2.45, 2.75) is 12.8 Å². The van der Waals surface area contributed by atoms with Gasteiger partial charge in [0, 0.05) is 50.1 Å². The number of alkyl halides is 2. The van der Waals surface area contributed by atoms with Crippen LogP contribution in [0.1, 0.15) is 6.92 Å². The Kier molecular flexibility index (Phi) is 3.72. The number of nitrogens with zero attached hydrogens (tertiary/aromatic N) is 4. The zero-order valence-corrected chi connectivity index (χ0v) is 14.0. The van der Waals surface area contributed by atoms with E-state index in [2.05, 4.69) is 19.9 Å². The molecule has 0 radical (unpaired) electrons. The van der Waals surface area contributed by atoms with E-state index < -0.39 is 5.92 Å². The first kappa shape index (κ1) is 16.0. The van der Waals surface area contributed by atoms with Crippen molar-refractivity contribution in [3.8, 4) is 0 Å². The molecule has 6 nitrogen and oxygen atoms in total. The van der Waals surface area contributed by atoms with Gasteiger partial charge in [-0.15, -0.1) is 0 Å². The fraction of sp³-hybridized carbons (Fsp3) is 0.412. The van der Waals surface area contributed by atoms with Crippen LogP contribution in [-0.4, -0.2) is 58.5 Å². The van der Waals surface area contributed by atoms with E-state index in [0.29, 0.717) is 32.0 Å². The van der Waals surface area contributed by atoms with Gasteiger partial charge in [-0.05, 0) is 12.1 Å². The van der Waals surface area contributed by atoms with E-state index in [9.17, 15) is 8.78 Å². The Morgan fingerprint density at radius 1 is 1.24 bits per heavy atom. The molecule has 1 fully saturated rings. The summed E-state index contributed by atoms with van der Waals surface area (Å²) < 4.78 is 26.5. The molecule has 1 aliphatic rings. The van der Waals surface area contributed by atoms with Gasteiger partial charge in [-0.2, -0.15) is 0 Å². The number of aromatic amines is 1. The predicted molar refractivity (Wildman–Crippen MR) is 95.1 cm³/mol. The molecule has 0 saturated carbocycles. The summed E-state index contributed by atoms with van der Waals surface area (Å²) in [5.41, 5.74) is 8.71. The van der Waals surface area contributed by atoms with E-state index in [4.69, 9.17) is 5.73 Å². The van der Waals surface area contributed by atoms with E-state index in [0.717, 1.165) is 34.5 Å². The summed E-state index contributed by atoms with van der Waals surface area (Å²) in [4.78, 5) is 15.8. The van der Waals surface area contributed by atoms with Crippen LogP contribution >= 0.6 is 0 Å². The normalized spacial score (nSPS) is 16.8. The van der Waals surface area contributed by atoms with Gasteiger partial charge < -0.3 is 15.6 Å². The van der Waals surface area contributed by atoms with Gasteiger partial charge in [-0.1, -0.05) is 0 Å². The summed E-state index contributed by atoms with van der Waals surface area (Å²) in [6, 6.07) is 3.88. The summed E-state index contributed by atoms with van der Waals surface area (Å²) in [5, 5.41) is 1.98. The molecular weight excluding hydrogens is 326 g/mol. The van der Waals surface area contributed by atoms with Crippen LogP contribution in [0.3, 0.4) is 0 Å². The molecule has 0 aromatic carbocycles. The summed E-state index contributed by atoms with van der Waals surface area (Å²) in [6.45, 7) is 3.15. The van der Waals surface area contributed by atoms with Crippen molar-refractivity contribution >= 4 is 33.4 Å². The Balaban J connectivity index is 1.69. The van der Waals surface area contributed by atoms with Gasteiger partial charge in [0.05, 0.1) is 23.9 Å². The number of hydrogen-bond donors (Lipinski definition) is 2. The quantitative estimate of drug-likeness (QED) is 0.762. The molecule has 4 rings (SSSR count). The van der Waals surface area contributed by atoms with Gasteiger partial charge >= 0.3 is 0 Å². The summed E-state index contributed by atoms with van der Waals surface area (Å²) in [7, 11) is 0. The molecule has 0 atom stereocenters. The maximum atomic E-state index is 13.2. The minimum atomic E-state index is -2.68. The molecule has 25 heavy (non-hydrogen) atoms.